The molecule has 1 fully saturated rings. The monoisotopic (exact) mass is 466 g/mol. The van der Waals surface area contributed by atoms with E-state index in [0.717, 1.165) is 10.9 Å². The Morgan fingerprint density at radius 1 is 1.04 bits per heavy atom. The smallest absolute Gasteiger partial charge is 0.243 e. The SMILES string of the molecule is CCCOc1cc(S(=O)(=O)N2CCN(c3c(C)cccc3C)CC2)ccc1Br. The van der Waals surface area contributed by atoms with Gasteiger partial charge in [0.2, 0.25) is 10.0 Å². The molecule has 152 valence electrons. The number of rotatable bonds is 6. The van der Waals surface area contributed by atoms with Gasteiger partial charge in [-0.3, -0.25) is 0 Å². The van der Waals surface area contributed by atoms with Crippen LogP contribution in [0.15, 0.2) is 45.8 Å². The molecule has 0 bridgehead atoms. The standard InChI is InChI=1S/C21H27BrN2O3S/c1-4-14-27-20-15-18(8-9-19(20)22)28(25,26)24-12-10-23(11-13-24)21-16(2)6-5-7-17(21)3/h5-9,15H,4,10-14H2,1-3H3. The lowest BCUT2D eigenvalue weighted by atomic mass is 10.1. The Hall–Kier alpha value is -1.57. The summed E-state index contributed by atoms with van der Waals surface area (Å²) in [5.74, 6) is 0.567. The highest BCUT2D eigenvalue weighted by Gasteiger charge is 2.30. The maximum Gasteiger partial charge on any atom is 0.243 e. The molecule has 0 N–H and O–H groups in total. The Labute approximate surface area is 176 Å². The van der Waals surface area contributed by atoms with E-state index in [1.807, 2.05) is 6.92 Å². The second kappa shape index (κ2) is 8.84. The summed E-state index contributed by atoms with van der Waals surface area (Å²) < 4.78 is 34.3. The number of hydrogen-bond donors (Lipinski definition) is 0. The molecule has 0 aromatic heterocycles. The molecule has 0 spiro atoms. The van der Waals surface area contributed by atoms with Crippen LogP contribution in [0.25, 0.3) is 0 Å². The largest absolute Gasteiger partial charge is 0.492 e. The maximum atomic E-state index is 13.1. The molecular formula is C21H27BrN2O3S. The van der Waals surface area contributed by atoms with Gasteiger partial charge in [-0.1, -0.05) is 25.1 Å². The Bertz CT molecular complexity index is 918. The predicted molar refractivity (Wildman–Crippen MR) is 117 cm³/mol. The van der Waals surface area contributed by atoms with Gasteiger partial charge in [-0.05, 0) is 59.5 Å². The third kappa shape index (κ3) is 4.36. The second-order valence-electron chi connectivity index (χ2n) is 7.07. The topological polar surface area (TPSA) is 49.9 Å². The number of halogens is 1. The summed E-state index contributed by atoms with van der Waals surface area (Å²) in [5, 5.41) is 0. The van der Waals surface area contributed by atoms with Gasteiger partial charge in [-0.25, -0.2) is 8.42 Å². The van der Waals surface area contributed by atoms with Crippen LogP contribution in [0.2, 0.25) is 0 Å². The third-order valence-corrected chi connectivity index (χ3v) is 7.55. The van der Waals surface area contributed by atoms with Gasteiger partial charge in [0.1, 0.15) is 5.75 Å². The minimum atomic E-state index is -3.55. The second-order valence-corrected chi connectivity index (χ2v) is 9.86. The maximum absolute atomic E-state index is 13.1. The van der Waals surface area contributed by atoms with E-state index in [4.69, 9.17) is 4.74 Å². The quantitative estimate of drug-likeness (QED) is 0.634. The molecule has 0 radical (unpaired) electrons. The van der Waals surface area contributed by atoms with Crippen molar-refractivity contribution in [2.75, 3.05) is 37.7 Å². The van der Waals surface area contributed by atoms with E-state index in [1.54, 1.807) is 22.5 Å². The van der Waals surface area contributed by atoms with E-state index < -0.39 is 10.0 Å². The van der Waals surface area contributed by atoms with Gasteiger partial charge in [0.15, 0.2) is 0 Å². The molecule has 2 aromatic carbocycles. The number of nitrogens with zero attached hydrogens (tertiary/aromatic N) is 2. The molecule has 3 rings (SSSR count). The summed E-state index contributed by atoms with van der Waals surface area (Å²) in [6.45, 7) is 9.08. The minimum absolute atomic E-state index is 0.280. The van der Waals surface area contributed by atoms with Crippen LogP contribution in [-0.2, 0) is 10.0 Å². The number of sulfonamides is 1. The molecule has 1 saturated heterocycles. The average Bonchev–Trinajstić information content (AvgIpc) is 2.67. The molecular weight excluding hydrogens is 440 g/mol. The number of para-hydroxylation sites is 1. The van der Waals surface area contributed by atoms with E-state index in [1.165, 1.54) is 16.8 Å². The van der Waals surface area contributed by atoms with Crippen molar-refractivity contribution >= 4 is 31.6 Å². The zero-order valence-corrected chi connectivity index (χ0v) is 19.0. The number of hydrogen-bond acceptors (Lipinski definition) is 4. The minimum Gasteiger partial charge on any atom is -0.492 e. The summed E-state index contributed by atoms with van der Waals surface area (Å²) in [6.07, 6.45) is 0.865. The zero-order chi connectivity index (χ0) is 20.3. The Kier molecular flexibility index (Phi) is 6.68. The molecule has 0 amide bonds. The fraction of sp³-hybridized carbons (Fsp3) is 0.429. The lowest BCUT2D eigenvalue weighted by Crippen LogP contribution is -2.49. The first-order valence-electron chi connectivity index (χ1n) is 9.58. The third-order valence-electron chi connectivity index (χ3n) is 5.00. The van der Waals surface area contributed by atoms with Crippen molar-refractivity contribution in [2.24, 2.45) is 0 Å². The lowest BCUT2D eigenvalue weighted by molar-refractivity contribution is 0.314. The average molecular weight is 467 g/mol. The normalized spacial score (nSPS) is 15.6. The molecule has 2 aromatic rings. The molecule has 5 nitrogen and oxygen atoms in total. The van der Waals surface area contributed by atoms with Crippen molar-refractivity contribution in [3.8, 4) is 5.75 Å². The van der Waals surface area contributed by atoms with Crippen molar-refractivity contribution in [3.05, 3.63) is 52.0 Å². The summed E-state index contributed by atoms with van der Waals surface area (Å²) in [7, 11) is -3.55. The molecule has 1 aliphatic heterocycles. The predicted octanol–water partition coefficient (Wildman–Crippen LogP) is 4.37. The van der Waals surface area contributed by atoms with Crippen molar-refractivity contribution < 1.29 is 13.2 Å². The van der Waals surface area contributed by atoms with Crippen LogP contribution in [0.5, 0.6) is 5.75 Å². The Morgan fingerprint density at radius 3 is 2.29 bits per heavy atom. The van der Waals surface area contributed by atoms with E-state index >= 15 is 0 Å². The van der Waals surface area contributed by atoms with Crippen LogP contribution in [0.3, 0.4) is 0 Å². The summed E-state index contributed by atoms with van der Waals surface area (Å²) in [4.78, 5) is 2.57. The molecule has 0 unspecified atom stereocenters. The van der Waals surface area contributed by atoms with E-state index in [0.29, 0.717) is 38.5 Å². The molecule has 7 heteroatoms. The molecule has 0 atom stereocenters. The van der Waals surface area contributed by atoms with Crippen molar-refractivity contribution in [3.63, 3.8) is 0 Å². The van der Waals surface area contributed by atoms with Gasteiger partial charge in [0.25, 0.3) is 0 Å². The number of ether oxygens (including phenoxy) is 1. The molecule has 28 heavy (non-hydrogen) atoms. The van der Waals surface area contributed by atoms with Crippen molar-refractivity contribution in [1.82, 2.24) is 4.31 Å². The van der Waals surface area contributed by atoms with Crippen molar-refractivity contribution in [2.45, 2.75) is 32.1 Å². The highest BCUT2D eigenvalue weighted by atomic mass is 79.9. The van der Waals surface area contributed by atoms with Crippen LogP contribution in [-0.4, -0.2) is 45.5 Å². The highest BCUT2D eigenvalue weighted by molar-refractivity contribution is 9.10. The van der Waals surface area contributed by atoms with E-state index in [9.17, 15) is 8.42 Å². The summed E-state index contributed by atoms with van der Waals surface area (Å²) in [6, 6.07) is 11.3. The van der Waals surface area contributed by atoms with Crippen LogP contribution < -0.4 is 9.64 Å². The Morgan fingerprint density at radius 2 is 1.68 bits per heavy atom. The fourth-order valence-electron chi connectivity index (χ4n) is 3.57. The highest BCUT2D eigenvalue weighted by Crippen LogP contribution is 2.31. The van der Waals surface area contributed by atoms with Crippen LogP contribution in [0.4, 0.5) is 5.69 Å². The van der Waals surface area contributed by atoms with Gasteiger partial charge in [-0.15, -0.1) is 0 Å². The summed E-state index contributed by atoms with van der Waals surface area (Å²) in [5.41, 5.74) is 3.67. The zero-order valence-electron chi connectivity index (χ0n) is 16.6. The van der Waals surface area contributed by atoms with Gasteiger partial charge in [0, 0.05) is 37.9 Å². The molecule has 0 aliphatic carbocycles. The van der Waals surface area contributed by atoms with E-state index in [2.05, 4.69) is 52.9 Å². The molecule has 1 aliphatic rings. The first-order valence-corrected chi connectivity index (χ1v) is 11.8. The lowest BCUT2D eigenvalue weighted by Gasteiger charge is -2.37. The first-order chi connectivity index (χ1) is 13.3. The van der Waals surface area contributed by atoms with E-state index in [-0.39, 0.29) is 4.90 Å². The Balaban J connectivity index is 1.76. The number of piperazine rings is 1. The first kappa shape index (κ1) is 21.1. The van der Waals surface area contributed by atoms with Gasteiger partial charge in [-0.2, -0.15) is 4.31 Å². The van der Waals surface area contributed by atoms with Crippen LogP contribution >= 0.6 is 15.9 Å². The van der Waals surface area contributed by atoms with Crippen molar-refractivity contribution in [1.29, 1.82) is 0 Å². The number of aryl methyl sites for hydroxylation is 2. The molecule has 1 heterocycles. The van der Waals surface area contributed by atoms with Crippen LogP contribution in [0, 0.1) is 13.8 Å². The number of anilines is 1. The van der Waals surface area contributed by atoms with Crippen LogP contribution in [0.1, 0.15) is 24.5 Å². The van der Waals surface area contributed by atoms with Gasteiger partial charge >= 0.3 is 0 Å². The molecule has 0 saturated carbocycles. The fourth-order valence-corrected chi connectivity index (χ4v) is 5.37. The number of benzene rings is 2. The van der Waals surface area contributed by atoms with Gasteiger partial charge in [0.05, 0.1) is 16.0 Å². The summed E-state index contributed by atoms with van der Waals surface area (Å²) >= 11 is 3.43. The van der Waals surface area contributed by atoms with Gasteiger partial charge < -0.3 is 9.64 Å².